The summed E-state index contributed by atoms with van der Waals surface area (Å²) in [7, 11) is 0. The monoisotopic (exact) mass is 1970 g/mol. The van der Waals surface area contributed by atoms with E-state index in [1.807, 2.05) is 218 Å². The maximum atomic E-state index is 13.9. The molecule has 12 aromatic carbocycles. The van der Waals surface area contributed by atoms with Gasteiger partial charge in [-0.15, -0.1) is 0 Å². The molecule has 25 heteroatoms. The van der Waals surface area contributed by atoms with E-state index in [0.717, 1.165) is 99.7 Å². The van der Waals surface area contributed by atoms with Crippen LogP contribution in [0.4, 0.5) is 27.1 Å². The second kappa shape index (κ2) is 46.1. The molecule has 4 amide bonds. The van der Waals surface area contributed by atoms with Crippen LogP contribution in [0.1, 0.15) is 123 Å². The number of amides is 4. The SMILES string of the molecule is CCOc1ccccc1CC(=O)N1CCN(c2ccc(C)cc2Cl)C(c2ccc(Cl)cc2)C1.Cc1ccc(N2CCN(C(=O)C(c3ccccc3C)C(C)C)CC2c2ccc(Cl)cc2)c(Cl)c1.Cc1ccc(N2CCN(C(=O)Cc3c(Cl)cccc3Cl)CC2c2ccc(Cl)cc2)c(Cl)c1.Cc1ccc(N2CCN(C(=O)Cc3ccc(F)cc3Cl)CC2c2ccc(Cl)cc2)c(Cl)c1. The average Bonchev–Trinajstić information content (AvgIpc) is 0.784. The van der Waals surface area contributed by atoms with Crippen LogP contribution >= 0.6 is 128 Å². The quantitative estimate of drug-likeness (QED) is 0.0783. The Bertz CT molecular complexity index is 5980. The van der Waals surface area contributed by atoms with Crippen LogP contribution in [0.15, 0.2) is 255 Å². The molecule has 13 nitrogen and oxygen atoms in total. The number of benzene rings is 12. The summed E-state index contributed by atoms with van der Waals surface area (Å²) in [5.74, 6) is 0.619. The highest BCUT2D eigenvalue weighted by Gasteiger charge is 2.39. The molecule has 0 saturated carbocycles. The number of halogens is 12. The first-order valence-electron chi connectivity index (χ1n) is 43.7. The third-order valence-electron chi connectivity index (χ3n) is 24.4. The zero-order chi connectivity index (χ0) is 93.4. The van der Waals surface area contributed by atoms with Crippen LogP contribution in [0.2, 0.25) is 55.2 Å². The molecule has 682 valence electrons. The first-order valence-corrected chi connectivity index (χ1v) is 47.9. The van der Waals surface area contributed by atoms with Gasteiger partial charge in [0.25, 0.3) is 0 Å². The number of ether oxygens (including phenoxy) is 1. The van der Waals surface area contributed by atoms with Gasteiger partial charge in [-0.1, -0.05) is 269 Å². The van der Waals surface area contributed by atoms with E-state index in [1.165, 1.54) is 12.1 Å². The Kier molecular flexibility index (Phi) is 34.8. The van der Waals surface area contributed by atoms with Crippen LogP contribution in [-0.4, -0.2) is 128 Å². The van der Waals surface area contributed by atoms with Gasteiger partial charge in [0.2, 0.25) is 23.6 Å². The standard InChI is InChI=1S/C29H32Cl2N2O.C27H28Cl2N2O2.C25H22Cl4N2O.C25H22Cl3FN2O/c1-19(2)28(24-8-6-5-7-21(24)4)29(34)32-15-16-33(26-14-9-20(3)17-25(26)31)27(18-32)22-10-12-23(30)13-11-22;1-3-33-26-7-5-4-6-21(26)17-27(32)30-14-15-31(24-13-8-19(2)16-23(24)29)25(18-30)20-9-11-22(28)12-10-20;1-16-5-10-23(22(29)13-16)31-12-11-30(15-24(31)17-6-8-18(26)9-7-17)25(32)14-19-20(27)3-2-4-21(19)28;1-16-2-9-23(22(28)12-16)31-11-10-30(15-24(31)17-3-6-19(26)7-4-17)25(32)13-18-5-8-20(29)14-21(18)27/h5-14,17,19,27-28H,15-16,18H2,1-4H3;4-13,16,25H,3,14-15,17-18H2,1-2H3;2-10,13,24H,11-12,14-15H2,1H3;2-9,12,14,24H,10-11,13,15H2,1H3. The fourth-order valence-corrected chi connectivity index (χ4v) is 20.1. The van der Waals surface area contributed by atoms with Crippen LogP contribution in [0, 0.1) is 46.4 Å². The lowest BCUT2D eigenvalue weighted by atomic mass is 9.84. The van der Waals surface area contributed by atoms with Gasteiger partial charge >= 0.3 is 0 Å². The molecule has 0 aliphatic carbocycles. The molecule has 4 saturated heterocycles. The largest absolute Gasteiger partial charge is 0.494 e. The van der Waals surface area contributed by atoms with Crippen LogP contribution in [0.5, 0.6) is 5.75 Å². The van der Waals surface area contributed by atoms with E-state index in [2.05, 4.69) is 95.0 Å². The number of carbonyl (C=O) groups is 4. The zero-order valence-corrected chi connectivity index (χ0v) is 82.5. The normalized spacial score (nSPS) is 16.5. The third-order valence-corrected chi connectivity index (χ3v) is 27.7. The van der Waals surface area contributed by atoms with Gasteiger partial charge in [0.05, 0.1) is 98.8 Å². The van der Waals surface area contributed by atoms with Gasteiger partial charge in [0.1, 0.15) is 11.6 Å². The lowest BCUT2D eigenvalue weighted by Gasteiger charge is -2.44. The second-order valence-corrected chi connectivity index (χ2v) is 38.3. The molecule has 16 rings (SSSR count). The summed E-state index contributed by atoms with van der Waals surface area (Å²) < 4.78 is 19.1. The minimum absolute atomic E-state index is 0.00591. The highest BCUT2D eigenvalue weighted by atomic mass is 35.5. The number of para-hydroxylation sites is 1. The highest BCUT2D eigenvalue weighted by molar-refractivity contribution is 6.37. The lowest BCUT2D eigenvalue weighted by molar-refractivity contribution is -0.135. The number of nitrogens with zero attached hydrogens (tertiary/aromatic N) is 8. The van der Waals surface area contributed by atoms with E-state index in [0.29, 0.717) is 143 Å². The molecule has 0 spiro atoms. The number of anilines is 4. The first-order chi connectivity index (χ1) is 62.9. The molecule has 0 radical (unpaired) electrons. The number of hydrogen-bond donors (Lipinski definition) is 0. The number of carbonyl (C=O) groups excluding carboxylic acids is 4. The van der Waals surface area contributed by atoms with Gasteiger partial charge in [-0.2, -0.15) is 0 Å². The molecular formula is C106H104Cl11FN8O5. The Labute approximate surface area is 824 Å². The number of piperazine rings is 4. The lowest BCUT2D eigenvalue weighted by Crippen LogP contribution is -2.52. The summed E-state index contributed by atoms with van der Waals surface area (Å²) in [5.41, 5.74) is 17.1. The Morgan fingerprint density at radius 2 is 0.679 bits per heavy atom. The molecule has 0 bridgehead atoms. The minimum Gasteiger partial charge on any atom is -0.494 e. The van der Waals surface area contributed by atoms with Crippen LogP contribution in [-0.2, 0) is 38.4 Å². The third kappa shape index (κ3) is 25.4. The van der Waals surface area contributed by atoms with Gasteiger partial charge < -0.3 is 43.9 Å². The predicted molar refractivity (Wildman–Crippen MR) is 543 cm³/mol. The van der Waals surface area contributed by atoms with Crippen molar-refractivity contribution in [2.45, 2.75) is 105 Å². The topological polar surface area (TPSA) is 103 Å². The smallest absolute Gasteiger partial charge is 0.230 e. The molecule has 0 aromatic heterocycles. The Balaban J connectivity index is 0.000000149. The van der Waals surface area contributed by atoms with Crippen molar-refractivity contribution in [1.29, 1.82) is 0 Å². The Hall–Kier alpha value is -9.36. The fraction of sp³-hybridized carbons (Fsp3) is 0.283. The fourth-order valence-electron chi connectivity index (χ4n) is 17.5. The van der Waals surface area contributed by atoms with Crippen LogP contribution < -0.4 is 24.3 Å². The van der Waals surface area contributed by atoms with Crippen molar-refractivity contribution in [2.24, 2.45) is 5.92 Å². The van der Waals surface area contributed by atoms with Gasteiger partial charge in [-0.3, -0.25) is 19.2 Å². The van der Waals surface area contributed by atoms with Crippen LogP contribution in [0.3, 0.4) is 0 Å². The molecule has 5 unspecified atom stereocenters. The van der Waals surface area contributed by atoms with E-state index in [-0.39, 0.29) is 77.5 Å². The highest BCUT2D eigenvalue weighted by Crippen LogP contribution is 2.44. The summed E-state index contributed by atoms with van der Waals surface area (Å²) in [4.78, 5) is 70.4. The first kappa shape index (κ1) is 99.1. The van der Waals surface area contributed by atoms with Crippen molar-refractivity contribution in [3.05, 3.63) is 388 Å². The molecule has 12 aromatic rings. The van der Waals surface area contributed by atoms with Crippen molar-refractivity contribution in [2.75, 3.05) is 105 Å². The molecule has 4 aliphatic rings. The van der Waals surface area contributed by atoms with E-state index < -0.39 is 5.82 Å². The summed E-state index contributed by atoms with van der Waals surface area (Å²) in [6.45, 7) is 24.2. The maximum Gasteiger partial charge on any atom is 0.230 e. The van der Waals surface area contributed by atoms with Gasteiger partial charge in [0.15, 0.2) is 0 Å². The maximum absolute atomic E-state index is 13.9. The van der Waals surface area contributed by atoms with Crippen molar-refractivity contribution in [3.63, 3.8) is 0 Å². The zero-order valence-electron chi connectivity index (χ0n) is 74.2. The minimum atomic E-state index is -0.419. The molecular weight excluding hydrogens is 1870 g/mol. The molecule has 4 heterocycles. The van der Waals surface area contributed by atoms with E-state index in [1.54, 1.807) is 24.3 Å². The summed E-state index contributed by atoms with van der Waals surface area (Å²) in [6.07, 6.45) is 0.601. The van der Waals surface area contributed by atoms with E-state index >= 15 is 0 Å². The second-order valence-electron chi connectivity index (χ2n) is 33.8. The summed E-state index contributed by atoms with van der Waals surface area (Å²) in [6, 6.07) is 80.8. The van der Waals surface area contributed by atoms with Crippen molar-refractivity contribution < 1.29 is 28.3 Å². The van der Waals surface area contributed by atoms with E-state index in [4.69, 9.17) is 132 Å². The van der Waals surface area contributed by atoms with Gasteiger partial charge in [-0.05, 0) is 242 Å². The Morgan fingerprint density at radius 1 is 0.344 bits per heavy atom. The average molecular weight is 1980 g/mol. The molecule has 131 heavy (non-hydrogen) atoms. The Morgan fingerprint density at radius 3 is 1.03 bits per heavy atom. The number of rotatable bonds is 19. The van der Waals surface area contributed by atoms with Crippen molar-refractivity contribution >= 4 is 174 Å². The molecule has 4 fully saturated rings. The van der Waals surface area contributed by atoms with E-state index in [9.17, 15) is 23.6 Å². The summed E-state index contributed by atoms with van der Waals surface area (Å²) in [5, 5.41) is 6.83. The van der Waals surface area contributed by atoms with Gasteiger partial charge in [-0.25, -0.2) is 4.39 Å². The summed E-state index contributed by atoms with van der Waals surface area (Å²) >= 11 is 69.8. The predicted octanol–water partition coefficient (Wildman–Crippen LogP) is 27.7. The molecule has 4 aliphatic heterocycles. The van der Waals surface area contributed by atoms with Crippen molar-refractivity contribution in [1.82, 2.24) is 19.6 Å². The van der Waals surface area contributed by atoms with Crippen molar-refractivity contribution in [3.8, 4) is 5.75 Å². The number of hydrogen-bond acceptors (Lipinski definition) is 9. The molecule has 0 N–H and O–H groups in total. The number of aryl methyl sites for hydroxylation is 5. The molecule has 5 atom stereocenters. The van der Waals surface area contributed by atoms with Gasteiger partial charge in [0, 0.05) is 119 Å². The van der Waals surface area contributed by atoms with Crippen LogP contribution in [0.25, 0.3) is 0 Å².